The third kappa shape index (κ3) is 2.94. The van der Waals surface area contributed by atoms with Crippen LogP contribution in [0.1, 0.15) is 39.0 Å². The largest absolute Gasteiger partial charge is 0.490 e. The molecular weight excluding hydrogens is 302 g/mol. The van der Waals surface area contributed by atoms with Crippen molar-refractivity contribution >= 4 is 10.0 Å². The van der Waals surface area contributed by atoms with Gasteiger partial charge in [-0.15, -0.1) is 0 Å². The van der Waals surface area contributed by atoms with Gasteiger partial charge in [0.15, 0.2) is 11.5 Å². The number of benzene rings is 1. The molecule has 5 nitrogen and oxygen atoms in total. The van der Waals surface area contributed by atoms with E-state index in [0.717, 1.165) is 32.1 Å². The lowest BCUT2D eigenvalue weighted by Gasteiger charge is -2.34. The van der Waals surface area contributed by atoms with E-state index in [2.05, 4.69) is 0 Å². The molecule has 1 saturated heterocycles. The summed E-state index contributed by atoms with van der Waals surface area (Å²) in [6.07, 6.45) is 4.64. The maximum atomic E-state index is 13.0. The topological polar surface area (TPSA) is 55.8 Å². The Morgan fingerprint density at radius 2 is 1.91 bits per heavy atom. The molecule has 0 spiro atoms. The van der Waals surface area contributed by atoms with Crippen molar-refractivity contribution in [2.75, 3.05) is 19.8 Å². The van der Waals surface area contributed by atoms with Crippen LogP contribution in [0.4, 0.5) is 0 Å². The molecule has 0 aromatic heterocycles. The van der Waals surface area contributed by atoms with Crippen LogP contribution in [0.5, 0.6) is 11.5 Å². The minimum Gasteiger partial charge on any atom is -0.490 e. The molecule has 0 aliphatic carbocycles. The fraction of sp³-hybridized carbons (Fsp3) is 0.625. The van der Waals surface area contributed by atoms with Crippen molar-refractivity contribution in [3.8, 4) is 11.5 Å². The van der Waals surface area contributed by atoms with Gasteiger partial charge in [0.05, 0.1) is 18.1 Å². The summed E-state index contributed by atoms with van der Waals surface area (Å²) >= 11 is 0. The Hall–Kier alpha value is -1.27. The highest BCUT2D eigenvalue weighted by molar-refractivity contribution is 7.89. The van der Waals surface area contributed by atoms with Gasteiger partial charge >= 0.3 is 0 Å². The van der Waals surface area contributed by atoms with Gasteiger partial charge in [-0.1, -0.05) is 13.3 Å². The van der Waals surface area contributed by atoms with E-state index in [1.807, 2.05) is 6.92 Å². The number of rotatable bonds is 3. The minimum atomic E-state index is -3.47. The Morgan fingerprint density at radius 3 is 2.68 bits per heavy atom. The number of fused-ring (bicyclic) bond motifs is 1. The van der Waals surface area contributed by atoms with Crippen LogP contribution in [0.15, 0.2) is 23.1 Å². The van der Waals surface area contributed by atoms with Gasteiger partial charge in [0.2, 0.25) is 10.0 Å². The van der Waals surface area contributed by atoms with Crippen molar-refractivity contribution in [1.82, 2.24) is 4.31 Å². The van der Waals surface area contributed by atoms with Gasteiger partial charge in [0.1, 0.15) is 0 Å². The number of nitrogens with zero attached hydrogens (tertiary/aromatic N) is 1. The summed E-state index contributed by atoms with van der Waals surface area (Å²) in [4.78, 5) is 0.303. The average molecular weight is 325 g/mol. The molecule has 122 valence electrons. The van der Waals surface area contributed by atoms with Crippen LogP contribution in [0, 0.1) is 0 Å². The maximum Gasteiger partial charge on any atom is 0.243 e. The van der Waals surface area contributed by atoms with Crippen LogP contribution in [0.25, 0.3) is 0 Å². The maximum absolute atomic E-state index is 13.0. The predicted octanol–water partition coefficient (Wildman–Crippen LogP) is 2.80. The Balaban J connectivity index is 1.93. The van der Waals surface area contributed by atoms with Gasteiger partial charge in [-0.3, -0.25) is 0 Å². The first-order valence-corrected chi connectivity index (χ1v) is 9.48. The second kappa shape index (κ2) is 6.46. The highest BCUT2D eigenvalue weighted by Crippen LogP contribution is 2.34. The molecule has 0 saturated carbocycles. The highest BCUT2D eigenvalue weighted by Gasteiger charge is 2.33. The molecule has 1 aromatic carbocycles. The lowest BCUT2D eigenvalue weighted by atomic mass is 10.0. The fourth-order valence-electron chi connectivity index (χ4n) is 3.14. The zero-order valence-corrected chi connectivity index (χ0v) is 13.8. The molecule has 1 atom stereocenters. The Bertz CT molecular complexity index is 629. The standard InChI is InChI=1S/C16H23NO4S/c1-2-13-6-3-4-9-17(13)22(18,19)14-7-8-15-16(12-14)21-11-5-10-20-15/h7-8,12-13H,2-6,9-11H2,1H3/t13-/m1/s1. The van der Waals surface area contributed by atoms with E-state index in [1.54, 1.807) is 22.5 Å². The molecule has 0 bridgehead atoms. The molecule has 0 amide bonds. The lowest BCUT2D eigenvalue weighted by molar-refractivity contribution is 0.246. The first kappa shape index (κ1) is 15.6. The lowest BCUT2D eigenvalue weighted by Crippen LogP contribution is -2.43. The van der Waals surface area contributed by atoms with Gasteiger partial charge < -0.3 is 9.47 Å². The van der Waals surface area contributed by atoms with Crippen LogP contribution >= 0.6 is 0 Å². The Labute approximate surface area is 132 Å². The molecule has 6 heteroatoms. The first-order chi connectivity index (χ1) is 10.6. The molecule has 1 fully saturated rings. The summed E-state index contributed by atoms with van der Waals surface area (Å²) in [6.45, 7) is 3.81. The van der Waals surface area contributed by atoms with E-state index < -0.39 is 10.0 Å². The molecule has 1 aromatic rings. The zero-order valence-electron chi connectivity index (χ0n) is 13.0. The van der Waals surface area contributed by atoms with Crippen molar-refractivity contribution in [1.29, 1.82) is 0 Å². The Kier molecular flexibility index (Phi) is 4.59. The van der Waals surface area contributed by atoms with E-state index in [0.29, 0.717) is 36.2 Å². The normalized spacial score (nSPS) is 23.0. The monoisotopic (exact) mass is 325 g/mol. The molecule has 2 heterocycles. The Morgan fingerprint density at radius 1 is 1.14 bits per heavy atom. The van der Waals surface area contributed by atoms with Gasteiger partial charge in [0.25, 0.3) is 0 Å². The highest BCUT2D eigenvalue weighted by atomic mass is 32.2. The van der Waals surface area contributed by atoms with Gasteiger partial charge in [-0.05, 0) is 31.4 Å². The molecule has 0 radical (unpaired) electrons. The molecule has 22 heavy (non-hydrogen) atoms. The fourth-order valence-corrected chi connectivity index (χ4v) is 4.92. The number of ether oxygens (including phenoxy) is 2. The second-order valence-electron chi connectivity index (χ2n) is 5.83. The van der Waals surface area contributed by atoms with E-state index >= 15 is 0 Å². The smallest absolute Gasteiger partial charge is 0.243 e. The minimum absolute atomic E-state index is 0.106. The van der Waals surface area contributed by atoms with Crippen molar-refractivity contribution in [2.45, 2.75) is 50.0 Å². The summed E-state index contributed by atoms with van der Waals surface area (Å²) < 4.78 is 38.8. The number of hydrogen-bond acceptors (Lipinski definition) is 4. The van der Waals surface area contributed by atoms with Crippen molar-refractivity contribution in [3.05, 3.63) is 18.2 Å². The number of hydrogen-bond donors (Lipinski definition) is 0. The summed E-state index contributed by atoms with van der Waals surface area (Å²) in [6, 6.07) is 5.05. The van der Waals surface area contributed by atoms with Gasteiger partial charge in [-0.2, -0.15) is 4.31 Å². The third-order valence-electron chi connectivity index (χ3n) is 4.37. The second-order valence-corrected chi connectivity index (χ2v) is 7.72. The number of sulfonamides is 1. The molecule has 0 unspecified atom stereocenters. The van der Waals surface area contributed by atoms with Gasteiger partial charge in [-0.25, -0.2) is 8.42 Å². The molecule has 2 aliphatic rings. The van der Waals surface area contributed by atoms with Gasteiger partial charge in [0, 0.05) is 25.1 Å². The first-order valence-electron chi connectivity index (χ1n) is 8.04. The van der Waals surface area contributed by atoms with Crippen LogP contribution in [-0.4, -0.2) is 38.5 Å². The van der Waals surface area contributed by atoms with Crippen LogP contribution < -0.4 is 9.47 Å². The van der Waals surface area contributed by atoms with Crippen LogP contribution in [-0.2, 0) is 10.0 Å². The summed E-state index contributed by atoms with van der Waals surface area (Å²) in [5.41, 5.74) is 0. The van der Waals surface area contributed by atoms with Crippen LogP contribution in [0.2, 0.25) is 0 Å². The summed E-state index contributed by atoms with van der Waals surface area (Å²) in [5, 5.41) is 0. The quantitative estimate of drug-likeness (QED) is 0.857. The van der Waals surface area contributed by atoms with Crippen molar-refractivity contribution in [3.63, 3.8) is 0 Å². The van der Waals surface area contributed by atoms with Crippen molar-refractivity contribution < 1.29 is 17.9 Å². The van der Waals surface area contributed by atoms with Crippen molar-refractivity contribution in [2.24, 2.45) is 0 Å². The predicted molar refractivity (Wildman–Crippen MR) is 83.9 cm³/mol. The molecular formula is C16H23NO4S. The summed E-state index contributed by atoms with van der Waals surface area (Å²) in [7, 11) is -3.47. The van der Waals surface area contributed by atoms with E-state index in [1.165, 1.54) is 0 Å². The number of piperidine rings is 1. The third-order valence-corrected chi connectivity index (χ3v) is 6.32. The van der Waals surface area contributed by atoms with Crippen LogP contribution in [0.3, 0.4) is 0 Å². The zero-order chi connectivity index (χ0) is 15.6. The molecule has 2 aliphatic heterocycles. The molecule has 3 rings (SSSR count). The SMILES string of the molecule is CC[C@@H]1CCCCN1S(=O)(=O)c1ccc2c(c1)OCCCO2. The molecule has 0 N–H and O–H groups in total. The van der Waals surface area contributed by atoms with E-state index in [9.17, 15) is 8.42 Å². The average Bonchev–Trinajstić information content (AvgIpc) is 2.79. The van der Waals surface area contributed by atoms with E-state index in [4.69, 9.17) is 9.47 Å². The summed E-state index contributed by atoms with van der Waals surface area (Å²) in [5.74, 6) is 1.16. The van der Waals surface area contributed by atoms with E-state index in [-0.39, 0.29) is 6.04 Å².